The summed E-state index contributed by atoms with van der Waals surface area (Å²) in [5.41, 5.74) is 4.68. The molecule has 0 amide bonds. The Morgan fingerprint density at radius 1 is 1.07 bits per heavy atom. The van der Waals surface area contributed by atoms with Gasteiger partial charge in [-0.1, -0.05) is 62.2 Å². The SMILES string of the molecule is C=CC(=O)OCCOc1cc(CCCO)ccc1-c1ccc(C2CCCCC2)cc1. The van der Waals surface area contributed by atoms with Gasteiger partial charge in [-0.3, -0.25) is 0 Å². The molecule has 4 heteroatoms. The number of esters is 1. The zero-order valence-electron chi connectivity index (χ0n) is 17.6. The van der Waals surface area contributed by atoms with Crippen molar-refractivity contribution in [3.8, 4) is 16.9 Å². The van der Waals surface area contributed by atoms with E-state index in [4.69, 9.17) is 14.6 Å². The Labute approximate surface area is 179 Å². The highest BCUT2D eigenvalue weighted by molar-refractivity contribution is 5.81. The molecular formula is C26H32O4. The van der Waals surface area contributed by atoms with Crippen molar-refractivity contribution < 1.29 is 19.4 Å². The first-order valence-corrected chi connectivity index (χ1v) is 11.0. The van der Waals surface area contributed by atoms with Gasteiger partial charge in [-0.2, -0.15) is 0 Å². The third-order valence-corrected chi connectivity index (χ3v) is 5.72. The fraction of sp³-hybridized carbons (Fsp3) is 0.423. The zero-order chi connectivity index (χ0) is 21.2. The molecule has 0 bridgehead atoms. The second-order valence-corrected chi connectivity index (χ2v) is 7.83. The molecule has 2 aromatic rings. The van der Waals surface area contributed by atoms with Crippen LogP contribution in [0.4, 0.5) is 0 Å². The first kappa shape index (κ1) is 22.1. The van der Waals surface area contributed by atoms with E-state index in [1.165, 1.54) is 37.7 Å². The van der Waals surface area contributed by atoms with Crippen LogP contribution in [0.5, 0.6) is 5.75 Å². The summed E-state index contributed by atoms with van der Waals surface area (Å²) >= 11 is 0. The fourth-order valence-corrected chi connectivity index (χ4v) is 4.09. The van der Waals surface area contributed by atoms with Gasteiger partial charge < -0.3 is 14.6 Å². The van der Waals surface area contributed by atoms with E-state index in [-0.39, 0.29) is 19.8 Å². The van der Waals surface area contributed by atoms with E-state index in [0.29, 0.717) is 12.3 Å². The smallest absolute Gasteiger partial charge is 0.330 e. The molecule has 0 aromatic heterocycles. The van der Waals surface area contributed by atoms with Gasteiger partial charge in [-0.15, -0.1) is 0 Å². The molecule has 0 saturated heterocycles. The number of aliphatic hydroxyl groups is 1. The number of aliphatic hydroxyl groups excluding tert-OH is 1. The predicted molar refractivity (Wildman–Crippen MR) is 120 cm³/mol. The lowest BCUT2D eigenvalue weighted by Gasteiger charge is -2.22. The molecule has 2 aromatic carbocycles. The van der Waals surface area contributed by atoms with Crippen molar-refractivity contribution in [1.29, 1.82) is 0 Å². The van der Waals surface area contributed by atoms with Gasteiger partial charge in [0, 0.05) is 18.2 Å². The maximum Gasteiger partial charge on any atom is 0.330 e. The van der Waals surface area contributed by atoms with E-state index in [9.17, 15) is 4.79 Å². The molecule has 0 spiro atoms. The fourth-order valence-electron chi connectivity index (χ4n) is 4.09. The van der Waals surface area contributed by atoms with Gasteiger partial charge in [0.1, 0.15) is 19.0 Å². The van der Waals surface area contributed by atoms with E-state index in [1.807, 2.05) is 6.07 Å². The minimum Gasteiger partial charge on any atom is -0.489 e. The highest BCUT2D eigenvalue weighted by Crippen LogP contribution is 2.36. The first-order chi connectivity index (χ1) is 14.7. The monoisotopic (exact) mass is 408 g/mol. The summed E-state index contributed by atoms with van der Waals surface area (Å²) in [4.78, 5) is 11.2. The van der Waals surface area contributed by atoms with Gasteiger partial charge >= 0.3 is 5.97 Å². The summed E-state index contributed by atoms with van der Waals surface area (Å²) < 4.78 is 11.0. The molecule has 1 aliphatic carbocycles. The normalized spacial score (nSPS) is 14.3. The number of hydrogen-bond donors (Lipinski definition) is 1. The third-order valence-electron chi connectivity index (χ3n) is 5.72. The van der Waals surface area contributed by atoms with E-state index in [0.717, 1.165) is 34.9 Å². The lowest BCUT2D eigenvalue weighted by molar-refractivity contribution is -0.138. The van der Waals surface area contributed by atoms with Crippen molar-refractivity contribution >= 4 is 5.97 Å². The van der Waals surface area contributed by atoms with Crippen LogP contribution >= 0.6 is 0 Å². The van der Waals surface area contributed by atoms with Gasteiger partial charge in [0.05, 0.1) is 0 Å². The van der Waals surface area contributed by atoms with Gasteiger partial charge in [0.2, 0.25) is 0 Å². The molecule has 1 aliphatic rings. The Balaban J connectivity index is 1.75. The number of rotatable bonds is 10. The first-order valence-electron chi connectivity index (χ1n) is 11.0. The van der Waals surface area contributed by atoms with Crippen molar-refractivity contribution in [3.05, 3.63) is 66.2 Å². The quantitative estimate of drug-likeness (QED) is 0.323. The van der Waals surface area contributed by atoms with Crippen LogP contribution in [-0.2, 0) is 16.0 Å². The molecule has 0 radical (unpaired) electrons. The molecule has 30 heavy (non-hydrogen) atoms. The summed E-state index contributed by atoms with van der Waals surface area (Å²) in [5, 5.41) is 9.12. The van der Waals surface area contributed by atoms with E-state index in [1.54, 1.807) is 0 Å². The third kappa shape index (κ3) is 6.20. The Bertz CT molecular complexity index is 819. The molecule has 160 valence electrons. The van der Waals surface area contributed by atoms with Crippen molar-refractivity contribution in [2.45, 2.75) is 50.9 Å². The van der Waals surface area contributed by atoms with E-state index >= 15 is 0 Å². The number of hydrogen-bond acceptors (Lipinski definition) is 4. The second-order valence-electron chi connectivity index (χ2n) is 7.83. The molecule has 1 saturated carbocycles. The molecule has 1 fully saturated rings. The summed E-state index contributed by atoms with van der Waals surface area (Å²) in [6.07, 6.45) is 9.25. The van der Waals surface area contributed by atoms with Crippen molar-refractivity contribution in [2.75, 3.05) is 19.8 Å². The topological polar surface area (TPSA) is 55.8 Å². The zero-order valence-corrected chi connectivity index (χ0v) is 17.6. The van der Waals surface area contributed by atoms with Crippen LogP contribution < -0.4 is 4.74 Å². The Kier molecular flexibility index (Phi) is 8.52. The van der Waals surface area contributed by atoms with Crippen molar-refractivity contribution in [1.82, 2.24) is 0 Å². The molecule has 0 atom stereocenters. The summed E-state index contributed by atoms with van der Waals surface area (Å²) in [6, 6.07) is 15.0. The van der Waals surface area contributed by atoms with Crippen LogP contribution in [-0.4, -0.2) is 30.9 Å². The summed E-state index contributed by atoms with van der Waals surface area (Å²) in [5.74, 6) is 1.00. The predicted octanol–water partition coefficient (Wildman–Crippen LogP) is 5.43. The average Bonchev–Trinajstić information content (AvgIpc) is 2.81. The molecule has 0 unspecified atom stereocenters. The van der Waals surface area contributed by atoms with Crippen LogP contribution in [0.3, 0.4) is 0 Å². The van der Waals surface area contributed by atoms with Crippen LogP contribution in [0.2, 0.25) is 0 Å². The van der Waals surface area contributed by atoms with Crippen molar-refractivity contribution in [3.63, 3.8) is 0 Å². The minimum absolute atomic E-state index is 0.165. The van der Waals surface area contributed by atoms with Gasteiger partial charge in [0.25, 0.3) is 0 Å². The Morgan fingerprint density at radius 3 is 2.53 bits per heavy atom. The Morgan fingerprint density at radius 2 is 1.83 bits per heavy atom. The lowest BCUT2D eigenvalue weighted by atomic mass is 9.83. The van der Waals surface area contributed by atoms with Crippen molar-refractivity contribution in [2.24, 2.45) is 0 Å². The highest BCUT2D eigenvalue weighted by Gasteiger charge is 2.16. The summed E-state index contributed by atoms with van der Waals surface area (Å²) in [7, 11) is 0. The number of carbonyl (C=O) groups excluding carboxylic acids is 1. The molecule has 1 N–H and O–H groups in total. The molecule has 0 heterocycles. The van der Waals surface area contributed by atoms with Crippen LogP contribution in [0.15, 0.2) is 55.1 Å². The standard InChI is InChI=1S/C26H32O4/c1-2-26(28)30-18-17-29-25-19-20(7-6-16-27)10-15-24(25)23-13-11-22(12-14-23)21-8-4-3-5-9-21/h2,10-15,19,21,27H,1,3-9,16-18H2. The minimum atomic E-state index is -0.450. The number of benzene rings is 2. The molecule has 0 aliphatic heterocycles. The number of ether oxygens (including phenoxy) is 2. The van der Waals surface area contributed by atoms with Gasteiger partial charge in [0.15, 0.2) is 0 Å². The molecule has 4 nitrogen and oxygen atoms in total. The van der Waals surface area contributed by atoms with E-state index < -0.39 is 5.97 Å². The maximum absolute atomic E-state index is 11.2. The lowest BCUT2D eigenvalue weighted by Crippen LogP contribution is -2.10. The van der Waals surface area contributed by atoms with Gasteiger partial charge in [-0.25, -0.2) is 4.79 Å². The number of aryl methyl sites for hydroxylation is 1. The van der Waals surface area contributed by atoms with Gasteiger partial charge in [-0.05, 0) is 54.4 Å². The second kappa shape index (κ2) is 11.6. The average molecular weight is 409 g/mol. The molecule has 3 rings (SSSR count). The maximum atomic E-state index is 11.2. The highest BCUT2D eigenvalue weighted by atomic mass is 16.6. The van der Waals surface area contributed by atoms with Crippen LogP contribution in [0, 0.1) is 0 Å². The summed E-state index contributed by atoms with van der Waals surface area (Å²) in [6.45, 7) is 4.01. The molecular weight excluding hydrogens is 376 g/mol. The Hall–Kier alpha value is -2.59. The van der Waals surface area contributed by atoms with Crippen LogP contribution in [0.25, 0.3) is 11.1 Å². The largest absolute Gasteiger partial charge is 0.489 e. The van der Waals surface area contributed by atoms with E-state index in [2.05, 4.69) is 43.0 Å². The van der Waals surface area contributed by atoms with Crippen LogP contribution in [0.1, 0.15) is 55.6 Å². The number of carbonyl (C=O) groups is 1.